The van der Waals surface area contributed by atoms with Crippen LogP contribution >= 0.6 is 0 Å². The van der Waals surface area contributed by atoms with Gasteiger partial charge in [-0.2, -0.15) is 0 Å². The average Bonchev–Trinajstić information content (AvgIpc) is 2.70. The van der Waals surface area contributed by atoms with Crippen LogP contribution in [0.1, 0.15) is 30.0 Å². The smallest absolute Gasteiger partial charge is 0.255 e. The molecule has 0 atom stereocenters. The molecule has 7 heteroatoms. The van der Waals surface area contributed by atoms with Gasteiger partial charge in [0.05, 0.1) is 6.61 Å². The van der Waals surface area contributed by atoms with Gasteiger partial charge in [-0.15, -0.1) is 0 Å². The Bertz CT molecular complexity index is 956. The van der Waals surface area contributed by atoms with E-state index in [1.54, 1.807) is 24.3 Å². The Morgan fingerprint density at radius 1 is 0.931 bits per heavy atom. The fraction of sp³-hybridized carbons (Fsp3) is 0.227. The number of hydrogen-bond donors (Lipinski definition) is 3. The van der Waals surface area contributed by atoms with Gasteiger partial charge < -0.3 is 20.7 Å². The SMILES string of the molecule is CCNc1cc(Nc2ccc(NC(=O)c3ccc(OCC)cc3)cc2)nc(C)n1. The Labute approximate surface area is 170 Å². The summed E-state index contributed by atoms with van der Waals surface area (Å²) in [6.07, 6.45) is 0. The Balaban J connectivity index is 1.63. The zero-order chi connectivity index (χ0) is 20.6. The molecule has 2 aromatic carbocycles. The number of aryl methyl sites for hydroxylation is 1. The molecule has 150 valence electrons. The molecule has 0 unspecified atom stereocenters. The molecule has 0 spiro atoms. The van der Waals surface area contributed by atoms with Gasteiger partial charge in [0, 0.05) is 29.5 Å². The summed E-state index contributed by atoms with van der Waals surface area (Å²) in [7, 11) is 0. The average molecular weight is 391 g/mol. The second-order valence-corrected chi connectivity index (χ2v) is 6.33. The van der Waals surface area contributed by atoms with Gasteiger partial charge in [-0.25, -0.2) is 9.97 Å². The van der Waals surface area contributed by atoms with Gasteiger partial charge in [-0.05, 0) is 69.3 Å². The van der Waals surface area contributed by atoms with E-state index in [9.17, 15) is 4.79 Å². The first-order valence-corrected chi connectivity index (χ1v) is 9.58. The molecule has 29 heavy (non-hydrogen) atoms. The van der Waals surface area contributed by atoms with E-state index in [2.05, 4.69) is 25.9 Å². The second-order valence-electron chi connectivity index (χ2n) is 6.33. The van der Waals surface area contributed by atoms with Crippen molar-refractivity contribution in [3.63, 3.8) is 0 Å². The summed E-state index contributed by atoms with van der Waals surface area (Å²) >= 11 is 0. The van der Waals surface area contributed by atoms with Crippen LogP contribution in [0.25, 0.3) is 0 Å². The maximum atomic E-state index is 12.4. The lowest BCUT2D eigenvalue weighted by Gasteiger charge is -2.10. The third-order valence-corrected chi connectivity index (χ3v) is 4.04. The molecule has 0 bridgehead atoms. The number of nitrogens with zero attached hydrogens (tertiary/aromatic N) is 2. The van der Waals surface area contributed by atoms with Crippen LogP contribution in [0, 0.1) is 6.92 Å². The molecule has 1 heterocycles. The van der Waals surface area contributed by atoms with E-state index in [4.69, 9.17) is 4.74 Å². The zero-order valence-electron chi connectivity index (χ0n) is 16.8. The molecule has 0 aliphatic rings. The molecule has 0 fully saturated rings. The molecule has 0 saturated carbocycles. The van der Waals surface area contributed by atoms with Gasteiger partial charge in [-0.1, -0.05) is 0 Å². The summed E-state index contributed by atoms with van der Waals surface area (Å²) in [4.78, 5) is 21.1. The minimum Gasteiger partial charge on any atom is -0.494 e. The molecule has 1 aromatic heterocycles. The van der Waals surface area contributed by atoms with Crippen LogP contribution in [0.3, 0.4) is 0 Å². The van der Waals surface area contributed by atoms with Gasteiger partial charge in [0.25, 0.3) is 5.91 Å². The summed E-state index contributed by atoms with van der Waals surface area (Å²) in [6, 6.07) is 16.4. The standard InChI is InChI=1S/C22H25N5O2/c1-4-23-20-14-21(25-15(3)24-20)26-17-8-10-18(11-9-17)27-22(28)16-6-12-19(13-7-16)29-5-2/h6-14H,4-5H2,1-3H3,(H,27,28)(H2,23,24,25,26). The molecule has 7 nitrogen and oxygen atoms in total. The van der Waals surface area contributed by atoms with Crippen molar-refractivity contribution in [1.29, 1.82) is 0 Å². The molecule has 3 rings (SSSR count). The fourth-order valence-corrected chi connectivity index (χ4v) is 2.76. The summed E-state index contributed by atoms with van der Waals surface area (Å²) in [5.74, 6) is 2.75. The van der Waals surface area contributed by atoms with Crippen LogP contribution < -0.4 is 20.7 Å². The van der Waals surface area contributed by atoms with Gasteiger partial charge >= 0.3 is 0 Å². The summed E-state index contributed by atoms with van der Waals surface area (Å²) in [6.45, 7) is 7.18. The van der Waals surface area contributed by atoms with Crippen molar-refractivity contribution >= 4 is 28.9 Å². The first kappa shape index (κ1) is 20.1. The van der Waals surface area contributed by atoms with E-state index < -0.39 is 0 Å². The number of amides is 1. The largest absolute Gasteiger partial charge is 0.494 e. The third-order valence-electron chi connectivity index (χ3n) is 4.04. The summed E-state index contributed by atoms with van der Waals surface area (Å²) < 4.78 is 5.40. The van der Waals surface area contributed by atoms with Gasteiger partial charge in [-0.3, -0.25) is 4.79 Å². The van der Waals surface area contributed by atoms with E-state index in [0.29, 0.717) is 29.5 Å². The highest BCUT2D eigenvalue weighted by Gasteiger charge is 2.07. The van der Waals surface area contributed by atoms with Gasteiger partial charge in [0.2, 0.25) is 0 Å². The summed E-state index contributed by atoms with van der Waals surface area (Å²) in [5, 5.41) is 9.33. The molecular weight excluding hydrogens is 366 g/mol. The van der Waals surface area contributed by atoms with E-state index in [1.165, 1.54) is 0 Å². The molecule has 3 N–H and O–H groups in total. The van der Waals surface area contributed by atoms with E-state index >= 15 is 0 Å². The number of rotatable bonds is 8. The van der Waals surface area contributed by atoms with E-state index in [-0.39, 0.29) is 5.91 Å². The second kappa shape index (κ2) is 9.54. The summed E-state index contributed by atoms with van der Waals surface area (Å²) in [5.41, 5.74) is 2.15. The Morgan fingerprint density at radius 3 is 2.24 bits per heavy atom. The van der Waals surface area contributed by atoms with Crippen LogP contribution in [0.4, 0.5) is 23.0 Å². The zero-order valence-corrected chi connectivity index (χ0v) is 16.8. The van der Waals surface area contributed by atoms with Crippen molar-refractivity contribution < 1.29 is 9.53 Å². The fourth-order valence-electron chi connectivity index (χ4n) is 2.76. The molecule has 0 aliphatic heterocycles. The highest BCUT2D eigenvalue weighted by Crippen LogP contribution is 2.20. The first-order valence-electron chi connectivity index (χ1n) is 9.58. The van der Waals surface area contributed by atoms with Crippen LogP contribution in [0.5, 0.6) is 5.75 Å². The molecule has 0 radical (unpaired) electrons. The minimum atomic E-state index is -0.171. The highest BCUT2D eigenvalue weighted by molar-refractivity contribution is 6.04. The van der Waals surface area contributed by atoms with Crippen molar-refractivity contribution in [3.8, 4) is 5.75 Å². The lowest BCUT2D eigenvalue weighted by molar-refractivity contribution is 0.102. The Morgan fingerprint density at radius 2 is 1.59 bits per heavy atom. The van der Waals surface area contributed by atoms with Crippen LogP contribution in [0.2, 0.25) is 0 Å². The van der Waals surface area contributed by atoms with E-state index in [0.717, 1.165) is 23.8 Å². The van der Waals surface area contributed by atoms with E-state index in [1.807, 2.05) is 51.1 Å². The predicted octanol–water partition coefficient (Wildman–Crippen LogP) is 4.61. The van der Waals surface area contributed by atoms with Crippen molar-refractivity contribution in [2.75, 3.05) is 29.1 Å². The number of ether oxygens (including phenoxy) is 1. The maximum absolute atomic E-state index is 12.4. The predicted molar refractivity (Wildman–Crippen MR) is 116 cm³/mol. The monoisotopic (exact) mass is 391 g/mol. The molecular formula is C22H25N5O2. The Hall–Kier alpha value is -3.61. The number of benzene rings is 2. The number of carbonyl (C=O) groups excluding carboxylic acids is 1. The number of nitrogens with one attached hydrogen (secondary N) is 3. The molecule has 0 saturated heterocycles. The third kappa shape index (κ3) is 5.68. The number of aromatic nitrogens is 2. The molecule has 3 aromatic rings. The molecule has 0 aliphatic carbocycles. The lowest BCUT2D eigenvalue weighted by Crippen LogP contribution is -2.11. The number of carbonyl (C=O) groups is 1. The normalized spacial score (nSPS) is 10.3. The number of hydrogen-bond acceptors (Lipinski definition) is 6. The Kier molecular flexibility index (Phi) is 6.63. The van der Waals surface area contributed by atoms with Crippen molar-refractivity contribution in [1.82, 2.24) is 9.97 Å². The van der Waals surface area contributed by atoms with Gasteiger partial charge in [0.15, 0.2) is 0 Å². The molecule has 1 amide bonds. The van der Waals surface area contributed by atoms with Crippen LogP contribution in [-0.2, 0) is 0 Å². The first-order chi connectivity index (χ1) is 14.1. The lowest BCUT2D eigenvalue weighted by atomic mass is 10.2. The van der Waals surface area contributed by atoms with Crippen molar-refractivity contribution in [2.45, 2.75) is 20.8 Å². The topological polar surface area (TPSA) is 88.2 Å². The number of anilines is 4. The maximum Gasteiger partial charge on any atom is 0.255 e. The van der Waals surface area contributed by atoms with Crippen molar-refractivity contribution in [3.05, 3.63) is 66.0 Å². The van der Waals surface area contributed by atoms with Crippen LogP contribution in [0.15, 0.2) is 54.6 Å². The van der Waals surface area contributed by atoms with Crippen LogP contribution in [-0.4, -0.2) is 29.0 Å². The van der Waals surface area contributed by atoms with Gasteiger partial charge in [0.1, 0.15) is 23.2 Å². The quantitative estimate of drug-likeness (QED) is 0.520. The minimum absolute atomic E-state index is 0.171. The van der Waals surface area contributed by atoms with Crippen molar-refractivity contribution in [2.24, 2.45) is 0 Å². The highest BCUT2D eigenvalue weighted by atomic mass is 16.5.